The highest BCUT2D eigenvalue weighted by Crippen LogP contribution is 2.36. The van der Waals surface area contributed by atoms with Gasteiger partial charge in [-0.3, -0.25) is 0 Å². The van der Waals surface area contributed by atoms with Crippen molar-refractivity contribution in [3.63, 3.8) is 0 Å². The normalized spacial score (nSPS) is 11.3. The summed E-state index contributed by atoms with van der Waals surface area (Å²) in [5.74, 6) is 2.04. The van der Waals surface area contributed by atoms with Gasteiger partial charge in [-0.2, -0.15) is 0 Å². The molecule has 6 aromatic carbocycles. The molecule has 0 atom stereocenters. The summed E-state index contributed by atoms with van der Waals surface area (Å²) in [6.45, 7) is 4.32. The standard InChI is InChI=1S/C40H34BN3/c1-3-4-9-27-16-20-29(21-17-27)39-42-38(28-18-14-26(2)15-19-28)43-40(44-39)32-22-31(23-33(41)24-32)37-25-30-10-5-6-11-34(30)35-12-7-8-13-36(35)37/h5-8,10-25H,3-4,9,41H2,1-2H3. The molecule has 0 N–H and O–H groups in total. The van der Waals surface area contributed by atoms with Crippen LogP contribution >= 0.6 is 0 Å². The lowest BCUT2D eigenvalue weighted by Gasteiger charge is -2.14. The summed E-state index contributed by atoms with van der Waals surface area (Å²) in [6, 6.07) is 43.4. The van der Waals surface area contributed by atoms with Gasteiger partial charge in [0.1, 0.15) is 7.85 Å². The molecule has 212 valence electrons. The fraction of sp³-hybridized carbons (Fsp3) is 0.125. The van der Waals surface area contributed by atoms with Crippen molar-refractivity contribution in [2.45, 2.75) is 33.1 Å². The number of hydrogen-bond donors (Lipinski definition) is 0. The second kappa shape index (κ2) is 11.9. The Bertz CT molecular complexity index is 2120. The van der Waals surface area contributed by atoms with Crippen molar-refractivity contribution in [2.24, 2.45) is 0 Å². The van der Waals surface area contributed by atoms with Crippen LogP contribution in [0.1, 0.15) is 30.9 Å². The summed E-state index contributed by atoms with van der Waals surface area (Å²) in [7, 11) is 2.15. The zero-order chi connectivity index (χ0) is 30.0. The van der Waals surface area contributed by atoms with E-state index in [4.69, 9.17) is 15.0 Å². The van der Waals surface area contributed by atoms with E-state index in [0.717, 1.165) is 34.1 Å². The molecule has 3 nitrogen and oxygen atoms in total. The third-order valence-corrected chi connectivity index (χ3v) is 8.39. The van der Waals surface area contributed by atoms with Crippen molar-refractivity contribution in [1.82, 2.24) is 15.0 Å². The lowest BCUT2D eigenvalue weighted by Crippen LogP contribution is -2.06. The van der Waals surface area contributed by atoms with E-state index in [1.165, 1.54) is 51.1 Å². The van der Waals surface area contributed by atoms with Gasteiger partial charge in [0.15, 0.2) is 17.5 Å². The molecule has 0 saturated carbocycles. The van der Waals surface area contributed by atoms with Crippen molar-refractivity contribution < 1.29 is 0 Å². The van der Waals surface area contributed by atoms with Gasteiger partial charge in [0.25, 0.3) is 0 Å². The summed E-state index contributed by atoms with van der Waals surface area (Å²) < 4.78 is 0. The van der Waals surface area contributed by atoms with Gasteiger partial charge in [-0.25, -0.2) is 15.0 Å². The van der Waals surface area contributed by atoms with E-state index in [9.17, 15) is 0 Å². The van der Waals surface area contributed by atoms with Crippen LogP contribution in [0.5, 0.6) is 0 Å². The first kappa shape index (κ1) is 27.7. The number of nitrogens with zero attached hydrogens (tertiary/aromatic N) is 3. The highest BCUT2D eigenvalue weighted by Gasteiger charge is 2.15. The second-order valence-electron chi connectivity index (χ2n) is 11.8. The Balaban J connectivity index is 1.39. The van der Waals surface area contributed by atoms with Crippen LogP contribution in [0.15, 0.2) is 121 Å². The lowest BCUT2D eigenvalue weighted by atomic mass is 9.87. The van der Waals surface area contributed by atoms with E-state index in [2.05, 4.69) is 143 Å². The maximum Gasteiger partial charge on any atom is 0.164 e. The Hall–Kier alpha value is -5.09. The van der Waals surface area contributed by atoms with Crippen LogP contribution in [-0.2, 0) is 6.42 Å². The molecule has 4 heteroatoms. The van der Waals surface area contributed by atoms with Crippen molar-refractivity contribution >= 4 is 34.9 Å². The quantitative estimate of drug-likeness (QED) is 0.143. The molecule has 0 unspecified atom stereocenters. The van der Waals surface area contributed by atoms with Gasteiger partial charge in [0.05, 0.1) is 0 Å². The van der Waals surface area contributed by atoms with Crippen molar-refractivity contribution in [3.8, 4) is 45.3 Å². The first-order valence-corrected chi connectivity index (χ1v) is 15.5. The zero-order valence-corrected chi connectivity index (χ0v) is 25.5. The number of unbranched alkanes of at least 4 members (excludes halogenated alkanes) is 1. The molecule has 0 fully saturated rings. The fourth-order valence-electron chi connectivity index (χ4n) is 6.03. The highest BCUT2D eigenvalue weighted by atomic mass is 15.0. The number of aromatic nitrogens is 3. The molecule has 0 bridgehead atoms. The van der Waals surface area contributed by atoms with Gasteiger partial charge in [0, 0.05) is 16.7 Å². The average molecular weight is 568 g/mol. The van der Waals surface area contributed by atoms with E-state index in [1.807, 2.05) is 0 Å². The van der Waals surface area contributed by atoms with Crippen LogP contribution in [0.2, 0.25) is 0 Å². The largest absolute Gasteiger partial charge is 0.208 e. The Labute approximate surface area is 260 Å². The predicted octanol–water partition coefficient (Wildman–Crippen LogP) is 8.76. The molecule has 0 spiro atoms. The Morgan fingerprint density at radius 3 is 1.80 bits per heavy atom. The molecule has 0 aliphatic rings. The summed E-state index contributed by atoms with van der Waals surface area (Å²) in [5.41, 5.74) is 9.03. The topological polar surface area (TPSA) is 38.7 Å². The molecule has 44 heavy (non-hydrogen) atoms. The summed E-state index contributed by atoms with van der Waals surface area (Å²) in [4.78, 5) is 15.1. The van der Waals surface area contributed by atoms with Gasteiger partial charge >= 0.3 is 0 Å². The number of benzene rings is 6. The first-order valence-electron chi connectivity index (χ1n) is 15.5. The minimum atomic E-state index is 0.677. The summed E-state index contributed by atoms with van der Waals surface area (Å²) in [5, 5.41) is 5.00. The fourth-order valence-corrected chi connectivity index (χ4v) is 6.03. The molecule has 0 aliphatic heterocycles. The second-order valence-corrected chi connectivity index (χ2v) is 11.8. The molecule has 0 aliphatic carbocycles. The van der Waals surface area contributed by atoms with E-state index in [0.29, 0.717) is 17.5 Å². The van der Waals surface area contributed by atoms with Crippen LogP contribution in [0, 0.1) is 6.92 Å². The molecule has 7 rings (SSSR count). The van der Waals surface area contributed by atoms with Gasteiger partial charge in [-0.15, -0.1) is 0 Å². The Kier molecular flexibility index (Phi) is 7.49. The maximum atomic E-state index is 5.07. The van der Waals surface area contributed by atoms with E-state index in [1.54, 1.807) is 0 Å². The van der Waals surface area contributed by atoms with Crippen LogP contribution < -0.4 is 5.46 Å². The highest BCUT2D eigenvalue weighted by molar-refractivity contribution is 6.33. The van der Waals surface area contributed by atoms with Gasteiger partial charge in [-0.1, -0.05) is 134 Å². The van der Waals surface area contributed by atoms with Crippen LogP contribution in [-0.4, -0.2) is 22.8 Å². The summed E-state index contributed by atoms with van der Waals surface area (Å²) in [6.07, 6.45) is 3.46. The monoisotopic (exact) mass is 567 g/mol. The Morgan fingerprint density at radius 1 is 0.545 bits per heavy atom. The molecule has 1 heterocycles. The summed E-state index contributed by atoms with van der Waals surface area (Å²) >= 11 is 0. The van der Waals surface area contributed by atoms with Crippen molar-refractivity contribution in [1.29, 1.82) is 0 Å². The van der Waals surface area contributed by atoms with Crippen molar-refractivity contribution in [2.75, 3.05) is 0 Å². The minimum Gasteiger partial charge on any atom is -0.208 e. The minimum absolute atomic E-state index is 0.677. The smallest absolute Gasteiger partial charge is 0.164 e. The number of aryl methyl sites for hydroxylation is 2. The Morgan fingerprint density at radius 2 is 1.11 bits per heavy atom. The molecule has 0 saturated heterocycles. The van der Waals surface area contributed by atoms with Gasteiger partial charge in [-0.05, 0) is 70.1 Å². The third-order valence-electron chi connectivity index (χ3n) is 8.39. The van der Waals surface area contributed by atoms with Crippen LogP contribution in [0.25, 0.3) is 66.8 Å². The maximum absolute atomic E-state index is 5.07. The number of rotatable bonds is 7. The molecule has 0 radical (unpaired) electrons. The van der Waals surface area contributed by atoms with Crippen LogP contribution in [0.3, 0.4) is 0 Å². The number of hydrogen-bond acceptors (Lipinski definition) is 3. The first-order chi connectivity index (χ1) is 21.6. The molecule has 7 aromatic rings. The van der Waals surface area contributed by atoms with Crippen molar-refractivity contribution in [3.05, 3.63) is 132 Å². The van der Waals surface area contributed by atoms with E-state index < -0.39 is 0 Å². The SMILES string of the molecule is Bc1cc(-c2nc(-c3ccc(C)cc3)nc(-c3ccc(CCCC)cc3)n2)cc(-c2cc3ccccc3c3ccccc23)c1. The average Bonchev–Trinajstić information content (AvgIpc) is 3.07. The molecule has 0 amide bonds. The zero-order valence-electron chi connectivity index (χ0n) is 25.5. The molecular weight excluding hydrogens is 533 g/mol. The van der Waals surface area contributed by atoms with Gasteiger partial charge in [0.2, 0.25) is 0 Å². The molecule has 1 aromatic heterocycles. The lowest BCUT2D eigenvalue weighted by molar-refractivity contribution is 0.795. The van der Waals surface area contributed by atoms with Gasteiger partial charge < -0.3 is 0 Å². The third kappa shape index (κ3) is 5.52. The molecular formula is C40H34BN3. The predicted molar refractivity (Wildman–Crippen MR) is 188 cm³/mol. The number of fused-ring (bicyclic) bond motifs is 3. The van der Waals surface area contributed by atoms with E-state index >= 15 is 0 Å². The van der Waals surface area contributed by atoms with Crippen LogP contribution in [0.4, 0.5) is 0 Å². The van der Waals surface area contributed by atoms with E-state index in [-0.39, 0.29) is 0 Å².